The lowest BCUT2D eigenvalue weighted by atomic mass is 9.94. The third kappa shape index (κ3) is 6.56. The van der Waals surface area contributed by atoms with E-state index < -0.39 is 10.0 Å². The third-order valence-corrected chi connectivity index (χ3v) is 8.86. The molecule has 2 unspecified atom stereocenters. The van der Waals surface area contributed by atoms with Gasteiger partial charge in [0.1, 0.15) is 5.82 Å². The summed E-state index contributed by atoms with van der Waals surface area (Å²) in [6.07, 6.45) is 2.66. The van der Waals surface area contributed by atoms with Crippen LogP contribution in [0.25, 0.3) is 0 Å². The first-order valence-electron chi connectivity index (χ1n) is 13.2. The Hall–Kier alpha value is -3.63. The quantitative estimate of drug-likeness (QED) is 0.309. The van der Waals surface area contributed by atoms with E-state index in [0.717, 1.165) is 12.0 Å². The number of aromatic nitrogens is 1. The van der Waals surface area contributed by atoms with E-state index in [1.54, 1.807) is 56.1 Å². The summed E-state index contributed by atoms with van der Waals surface area (Å²) >= 11 is 0. The molecule has 9 nitrogen and oxygen atoms in total. The van der Waals surface area contributed by atoms with Crippen LogP contribution in [0.4, 0.5) is 5.82 Å². The van der Waals surface area contributed by atoms with Crippen LogP contribution in [-0.4, -0.2) is 64.5 Å². The predicted octanol–water partition coefficient (Wildman–Crippen LogP) is 4.66. The fourth-order valence-corrected chi connectivity index (χ4v) is 6.98. The van der Waals surface area contributed by atoms with Gasteiger partial charge in [0.25, 0.3) is 0 Å². The van der Waals surface area contributed by atoms with Gasteiger partial charge in [-0.15, -0.1) is 0 Å². The van der Waals surface area contributed by atoms with Crippen LogP contribution in [-0.2, 0) is 16.6 Å². The number of methoxy groups -OCH3 is 3. The highest BCUT2D eigenvalue weighted by molar-refractivity contribution is 7.89. The number of sulfonamides is 1. The average Bonchev–Trinajstić information content (AvgIpc) is 2.96. The maximum absolute atomic E-state index is 13.6. The fourth-order valence-electron chi connectivity index (χ4n) is 5.25. The molecule has 214 valence electrons. The molecule has 0 aliphatic carbocycles. The lowest BCUT2D eigenvalue weighted by molar-refractivity contribution is 0.0998. The van der Waals surface area contributed by atoms with Crippen LogP contribution in [0.15, 0.2) is 65.7 Å². The number of ether oxygens (including phenoxy) is 3. The monoisotopic (exact) mass is 567 g/mol. The first-order valence-corrected chi connectivity index (χ1v) is 14.7. The highest BCUT2D eigenvalue weighted by atomic mass is 32.2. The molecule has 0 amide bonds. The molecular formula is C30H37N3O6S. The highest BCUT2D eigenvalue weighted by Crippen LogP contribution is 2.38. The van der Waals surface area contributed by atoms with E-state index in [2.05, 4.69) is 18.8 Å². The number of hydrogen-bond acceptors (Lipinski definition) is 8. The molecule has 0 saturated carbocycles. The molecule has 0 N–H and O–H groups in total. The van der Waals surface area contributed by atoms with Gasteiger partial charge in [-0.25, -0.2) is 13.4 Å². The minimum atomic E-state index is -3.72. The number of anilines is 1. The largest absolute Gasteiger partial charge is 0.493 e. The van der Waals surface area contributed by atoms with E-state index in [0.29, 0.717) is 48.3 Å². The van der Waals surface area contributed by atoms with Gasteiger partial charge in [-0.05, 0) is 60.2 Å². The maximum atomic E-state index is 13.6. The molecular weight excluding hydrogens is 530 g/mol. The van der Waals surface area contributed by atoms with Gasteiger partial charge >= 0.3 is 0 Å². The number of pyridine rings is 1. The SMILES string of the molecule is COc1cc(CN(CC(=O)c2cccc(S(=O)(=O)N3CC(C)CC(C)C3)c2)c2ccccn2)cc(OC)c1OC. The van der Waals surface area contributed by atoms with Crippen molar-refractivity contribution in [1.29, 1.82) is 0 Å². The number of piperidine rings is 1. The van der Waals surface area contributed by atoms with E-state index in [4.69, 9.17) is 14.2 Å². The van der Waals surface area contributed by atoms with Crippen LogP contribution in [0.3, 0.4) is 0 Å². The summed E-state index contributed by atoms with van der Waals surface area (Å²) in [7, 11) is 0.920. The summed E-state index contributed by atoms with van der Waals surface area (Å²) in [4.78, 5) is 20.0. The van der Waals surface area contributed by atoms with Gasteiger partial charge in [0.15, 0.2) is 17.3 Å². The number of ketones is 1. The van der Waals surface area contributed by atoms with E-state index in [1.165, 1.54) is 6.07 Å². The Balaban J connectivity index is 1.62. The predicted molar refractivity (Wildman–Crippen MR) is 154 cm³/mol. The van der Waals surface area contributed by atoms with Crippen LogP contribution in [0.1, 0.15) is 36.2 Å². The van der Waals surface area contributed by atoms with Crippen LogP contribution in [0.2, 0.25) is 0 Å². The van der Waals surface area contributed by atoms with Gasteiger partial charge in [0, 0.05) is 31.4 Å². The number of carbonyl (C=O) groups is 1. The molecule has 1 fully saturated rings. The van der Waals surface area contributed by atoms with Crippen molar-refractivity contribution in [3.63, 3.8) is 0 Å². The van der Waals surface area contributed by atoms with Gasteiger partial charge in [0.2, 0.25) is 15.8 Å². The molecule has 1 aliphatic rings. The van der Waals surface area contributed by atoms with Crippen molar-refractivity contribution in [1.82, 2.24) is 9.29 Å². The molecule has 40 heavy (non-hydrogen) atoms. The van der Waals surface area contributed by atoms with E-state index in [-0.39, 0.29) is 29.1 Å². The number of rotatable bonds is 11. The van der Waals surface area contributed by atoms with Crippen molar-refractivity contribution >= 4 is 21.6 Å². The summed E-state index contributed by atoms with van der Waals surface area (Å²) in [6, 6.07) is 15.5. The van der Waals surface area contributed by atoms with Gasteiger partial charge in [0.05, 0.1) is 32.8 Å². The van der Waals surface area contributed by atoms with E-state index in [1.807, 2.05) is 29.2 Å². The number of nitrogens with zero attached hydrogens (tertiary/aromatic N) is 3. The normalized spacial score (nSPS) is 17.7. The topological polar surface area (TPSA) is 98.3 Å². The molecule has 2 aromatic carbocycles. The molecule has 0 radical (unpaired) electrons. The molecule has 1 aliphatic heterocycles. The zero-order chi connectivity index (χ0) is 28.9. The zero-order valence-corrected chi connectivity index (χ0v) is 24.5. The smallest absolute Gasteiger partial charge is 0.243 e. The zero-order valence-electron chi connectivity index (χ0n) is 23.7. The second kappa shape index (κ2) is 12.7. The molecule has 3 aromatic rings. The van der Waals surface area contributed by atoms with Gasteiger partial charge in [-0.3, -0.25) is 4.79 Å². The van der Waals surface area contributed by atoms with Crippen molar-refractivity contribution in [3.8, 4) is 17.2 Å². The number of hydrogen-bond donors (Lipinski definition) is 0. The maximum Gasteiger partial charge on any atom is 0.243 e. The van der Waals surface area contributed by atoms with Crippen molar-refractivity contribution in [2.75, 3.05) is 45.9 Å². The van der Waals surface area contributed by atoms with Crippen molar-refractivity contribution in [2.24, 2.45) is 11.8 Å². The summed E-state index contributed by atoms with van der Waals surface area (Å²) in [5.74, 6) is 2.42. The fraction of sp³-hybridized carbons (Fsp3) is 0.400. The van der Waals surface area contributed by atoms with Gasteiger partial charge in [-0.1, -0.05) is 32.0 Å². The molecule has 0 spiro atoms. The molecule has 10 heteroatoms. The second-order valence-corrected chi connectivity index (χ2v) is 12.2. The van der Waals surface area contributed by atoms with Crippen molar-refractivity contribution in [2.45, 2.75) is 31.7 Å². The third-order valence-electron chi connectivity index (χ3n) is 7.03. The Morgan fingerprint density at radius 3 is 2.20 bits per heavy atom. The summed E-state index contributed by atoms with van der Waals surface area (Å²) in [6.45, 7) is 5.40. The number of benzene rings is 2. The molecule has 2 atom stereocenters. The average molecular weight is 568 g/mol. The Morgan fingerprint density at radius 1 is 0.950 bits per heavy atom. The first kappa shape index (κ1) is 29.4. The minimum Gasteiger partial charge on any atom is -0.493 e. The molecule has 4 rings (SSSR count). The molecule has 0 bridgehead atoms. The van der Waals surface area contributed by atoms with Crippen LogP contribution in [0, 0.1) is 11.8 Å². The Morgan fingerprint density at radius 2 is 1.62 bits per heavy atom. The summed E-state index contributed by atoms with van der Waals surface area (Å²) in [5, 5.41) is 0. The first-order chi connectivity index (χ1) is 19.2. The van der Waals surface area contributed by atoms with Gasteiger partial charge < -0.3 is 19.1 Å². The standard InChI is InChI=1S/C30H37N3O6S/c1-21-13-22(2)18-33(17-21)40(35,36)25-10-8-9-24(16-25)26(34)20-32(29-11-6-7-12-31-29)19-23-14-27(37-3)30(39-5)28(15-23)38-4/h6-12,14-16,21-22H,13,17-20H2,1-5H3. The highest BCUT2D eigenvalue weighted by Gasteiger charge is 2.32. The Labute approximate surface area is 236 Å². The molecule has 1 saturated heterocycles. The minimum absolute atomic E-state index is 0.0189. The Bertz CT molecular complexity index is 1400. The second-order valence-electron chi connectivity index (χ2n) is 10.3. The van der Waals surface area contributed by atoms with Crippen LogP contribution < -0.4 is 19.1 Å². The number of carbonyl (C=O) groups excluding carboxylic acids is 1. The summed E-state index contributed by atoms with van der Waals surface area (Å²) < 4.78 is 44.9. The van der Waals surface area contributed by atoms with E-state index in [9.17, 15) is 13.2 Å². The van der Waals surface area contributed by atoms with Crippen molar-refractivity contribution < 1.29 is 27.4 Å². The lowest BCUT2D eigenvalue weighted by Gasteiger charge is -2.34. The van der Waals surface area contributed by atoms with E-state index >= 15 is 0 Å². The Kier molecular flexibility index (Phi) is 9.32. The summed E-state index contributed by atoms with van der Waals surface area (Å²) in [5.41, 5.74) is 1.14. The van der Waals surface area contributed by atoms with Crippen LogP contribution >= 0.6 is 0 Å². The molecule has 2 heterocycles. The van der Waals surface area contributed by atoms with Crippen LogP contribution in [0.5, 0.6) is 17.2 Å². The molecule has 1 aromatic heterocycles. The number of Topliss-reactive ketones (excluding diaryl/α,β-unsaturated/α-hetero) is 1. The van der Waals surface area contributed by atoms with Gasteiger partial charge in [-0.2, -0.15) is 4.31 Å². The lowest BCUT2D eigenvalue weighted by Crippen LogP contribution is -2.42. The van der Waals surface area contributed by atoms with Crippen molar-refractivity contribution in [3.05, 3.63) is 71.9 Å².